The minimum absolute atomic E-state index is 0.0845. The van der Waals surface area contributed by atoms with Gasteiger partial charge in [0.05, 0.1) is 26.7 Å². The van der Waals surface area contributed by atoms with Gasteiger partial charge in [-0.25, -0.2) is 0 Å². The lowest BCUT2D eigenvalue weighted by atomic mass is 10.1. The Bertz CT molecular complexity index is 1180. The van der Waals surface area contributed by atoms with Crippen molar-refractivity contribution in [2.45, 2.75) is 6.92 Å². The summed E-state index contributed by atoms with van der Waals surface area (Å²) in [6.45, 7) is 1.98. The molecule has 0 atom stereocenters. The molecule has 0 unspecified atom stereocenters. The number of nitrogens with zero attached hydrogens (tertiary/aromatic N) is 2. The molecule has 6 nitrogen and oxygen atoms in total. The standard InChI is InChI=1S/C17H13N3O3/c1-9-7-12-15(19(9)2)6-5-14-16(12)17(21)11-8-10(20(22)23)3-4-13(11)18-14/h3-8H,1-2H3,(H,18,21). The number of nitrogens with one attached hydrogen (secondary N) is 1. The molecule has 0 saturated heterocycles. The van der Waals surface area contributed by atoms with Crippen LogP contribution in [0.25, 0.3) is 32.7 Å². The van der Waals surface area contributed by atoms with Crippen molar-refractivity contribution in [2.75, 3.05) is 0 Å². The highest BCUT2D eigenvalue weighted by Gasteiger charge is 2.14. The maximum absolute atomic E-state index is 12.9. The number of H-pyrrole nitrogens is 1. The molecule has 0 aliphatic rings. The van der Waals surface area contributed by atoms with Crippen LogP contribution in [0.3, 0.4) is 0 Å². The first-order valence-corrected chi connectivity index (χ1v) is 7.16. The van der Waals surface area contributed by atoms with Gasteiger partial charge in [-0.3, -0.25) is 14.9 Å². The van der Waals surface area contributed by atoms with Crippen LogP contribution >= 0.6 is 0 Å². The fourth-order valence-corrected chi connectivity index (χ4v) is 3.11. The number of fused-ring (bicyclic) bond motifs is 4. The summed E-state index contributed by atoms with van der Waals surface area (Å²) in [6.07, 6.45) is 0. The van der Waals surface area contributed by atoms with Crippen LogP contribution < -0.4 is 5.43 Å². The van der Waals surface area contributed by atoms with Crippen molar-refractivity contribution in [2.24, 2.45) is 7.05 Å². The van der Waals surface area contributed by atoms with Crippen LogP contribution in [0.15, 0.2) is 41.2 Å². The zero-order valence-corrected chi connectivity index (χ0v) is 12.6. The second-order valence-electron chi connectivity index (χ2n) is 5.71. The summed E-state index contributed by atoms with van der Waals surface area (Å²) in [6, 6.07) is 10.1. The SMILES string of the molecule is Cc1cc2c3c(=O)c4cc([N+](=O)[O-])ccc4[nH]c3ccc2n1C. The molecule has 2 aromatic heterocycles. The summed E-state index contributed by atoms with van der Waals surface area (Å²) in [5.41, 5.74) is 3.07. The van der Waals surface area contributed by atoms with Crippen molar-refractivity contribution >= 4 is 38.4 Å². The summed E-state index contributed by atoms with van der Waals surface area (Å²) in [5.74, 6) is 0. The normalized spacial score (nSPS) is 11.6. The van der Waals surface area contributed by atoms with E-state index < -0.39 is 4.92 Å². The lowest BCUT2D eigenvalue weighted by molar-refractivity contribution is -0.384. The second kappa shape index (κ2) is 4.42. The molecule has 23 heavy (non-hydrogen) atoms. The van der Waals surface area contributed by atoms with Crippen LogP contribution in [-0.2, 0) is 7.05 Å². The average Bonchev–Trinajstić information content (AvgIpc) is 2.82. The van der Waals surface area contributed by atoms with Crippen molar-refractivity contribution < 1.29 is 4.92 Å². The van der Waals surface area contributed by atoms with Gasteiger partial charge in [-0.2, -0.15) is 0 Å². The van der Waals surface area contributed by atoms with Crippen molar-refractivity contribution in [3.8, 4) is 0 Å². The van der Waals surface area contributed by atoms with Gasteiger partial charge in [0, 0.05) is 35.8 Å². The number of benzene rings is 2. The molecule has 114 valence electrons. The number of aromatic amines is 1. The lowest BCUT2D eigenvalue weighted by Gasteiger charge is -2.05. The number of nitro groups is 1. The van der Waals surface area contributed by atoms with E-state index >= 15 is 0 Å². The topological polar surface area (TPSA) is 80.9 Å². The van der Waals surface area contributed by atoms with E-state index in [1.807, 2.05) is 36.7 Å². The number of aromatic nitrogens is 2. The molecule has 0 radical (unpaired) electrons. The monoisotopic (exact) mass is 307 g/mol. The third kappa shape index (κ3) is 1.78. The van der Waals surface area contributed by atoms with Crippen molar-refractivity contribution in [1.82, 2.24) is 9.55 Å². The van der Waals surface area contributed by atoms with Gasteiger partial charge in [-0.15, -0.1) is 0 Å². The van der Waals surface area contributed by atoms with Crippen molar-refractivity contribution in [3.05, 3.63) is 62.4 Å². The molecular weight excluding hydrogens is 294 g/mol. The quantitative estimate of drug-likeness (QED) is 0.332. The molecule has 0 bridgehead atoms. The van der Waals surface area contributed by atoms with E-state index in [9.17, 15) is 14.9 Å². The van der Waals surface area contributed by atoms with Crippen LogP contribution in [0.4, 0.5) is 5.69 Å². The van der Waals surface area contributed by atoms with Gasteiger partial charge in [0.15, 0.2) is 5.43 Å². The molecule has 0 saturated carbocycles. The molecule has 0 fully saturated rings. The molecule has 0 aliphatic carbocycles. The fourth-order valence-electron chi connectivity index (χ4n) is 3.11. The third-order valence-corrected chi connectivity index (χ3v) is 4.42. The molecule has 2 heterocycles. The van der Waals surface area contributed by atoms with Crippen LogP contribution in [0, 0.1) is 17.0 Å². The summed E-state index contributed by atoms with van der Waals surface area (Å²) >= 11 is 0. The minimum atomic E-state index is -0.490. The smallest absolute Gasteiger partial charge is 0.270 e. The number of aryl methyl sites for hydroxylation is 2. The lowest BCUT2D eigenvalue weighted by Crippen LogP contribution is -2.05. The maximum Gasteiger partial charge on any atom is 0.270 e. The maximum atomic E-state index is 12.9. The Hall–Kier alpha value is -3.15. The second-order valence-corrected chi connectivity index (χ2v) is 5.71. The first-order valence-electron chi connectivity index (χ1n) is 7.16. The Morgan fingerprint density at radius 1 is 1.09 bits per heavy atom. The van der Waals surface area contributed by atoms with E-state index in [0.29, 0.717) is 16.3 Å². The summed E-state index contributed by atoms with van der Waals surface area (Å²) in [4.78, 5) is 26.6. The van der Waals surface area contributed by atoms with Gasteiger partial charge in [-0.1, -0.05) is 0 Å². The van der Waals surface area contributed by atoms with Gasteiger partial charge in [0.2, 0.25) is 0 Å². The van der Waals surface area contributed by atoms with Gasteiger partial charge >= 0.3 is 0 Å². The van der Waals surface area contributed by atoms with E-state index in [4.69, 9.17) is 0 Å². The van der Waals surface area contributed by atoms with E-state index in [1.54, 1.807) is 6.07 Å². The fraction of sp³-hybridized carbons (Fsp3) is 0.118. The summed E-state index contributed by atoms with van der Waals surface area (Å²) < 4.78 is 2.02. The van der Waals surface area contributed by atoms with E-state index in [1.165, 1.54) is 12.1 Å². The highest BCUT2D eigenvalue weighted by Crippen LogP contribution is 2.27. The predicted octanol–water partition coefficient (Wildman–Crippen LogP) is 3.39. The molecule has 4 rings (SSSR count). The Kier molecular flexibility index (Phi) is 2.60. The zero-order chi connectivity index (χ0) is 16.3. The highest BCUT2D eigenvalue weighted by atomic mass is 16.6. The number of rotatable bonds is 1. The minimum Gasteiger partial charge on any atom is -0.354 e. The molecule has 0 aliphatic heterocycles. The van der Waals surface area contributed by atoms with Gasteiger partial charge in [0.25, 0.3) is 5.69 Å². The van der Waals surface area contributed by atoms with Crippen LogP contribution in [0.1, 0.15) is 5.69 Å². The molecule has 4 aromatic rings. The largest absolute Gasteiger partial charge is 0.354 e. The summed E-state index contributed by atoms with van der Waals surface area (Å²) in [7, 11) is 1.95. The van der Waals surface area contributed by atoms with Gasteiger partial charge in [-0.05, 0) is 31.2 Å². The first-order chi connectivity index (χ1) is 11.0. The Labute approximate surface area is 130 Å². The molecule has 0 spiro atoms. The molecule has 6 heteroatoms. The van der Waals surface area contributed by atoms with E-state index in [2.05, 4.69) is 4.98 Å². The Balaban J connectivity index is 2.24. The van der Waals surface area contributed by atoms with E-state index in [0.717, 1.165) is 22.1 Å². The third-order valence-electron chi connectivity index (χ3n) is 4.42. The zero-order valence-electron chi connectivity index (χ0n) is 12.6. The predicted molar refractivity (Wildman–Crippen MR) is 89.9 cm³/mol. The first kappa shape index (κ1) is 13.5. The number of nitro benzene ring substituents is 1. The van der Waals surface area contributed by atoms with Crippen LogP contribution in [0.5, 0.6) is 0 Å². The number of hydrogen-bond donors (Lipinski definition) is 1. The molecule has 0 amide bonds. The van der Waals surface area contributed by atoms with Crippen LogP contribution in [-0.4, -0.2) is 14.5 Å². The Morgan fingerprint density at radius 2 is 1.83 bits per heavy atom. The summed E-state index contributed by atoms with van der Waals surface area (Å²) in [5, 5.41) is 12.7. The number of pyridine rings is 1. The van der Waals surface area contributed by atoms with E-state index in [-0.39, 0.29) is 11.1 Å². The molecular formula is C17H13N3O3. The average molecular weight is 307 g/mol. The van der Waals surface area contributed by atoms with Crippen molar-refractivity contribution in [3.63, 3.8) is 0 Å². The number of hydrogen-bond acceptors (Lipinski definition) is 3. The van der Waals surface area contributed by atoms with Crippen LogP contribution in [0.2, 0.25) is 0 Å². The molecule has 1 N–H and O–H groups in total. The van der Waals surface area contributed by atoms with Gasteiger partial charge in [0.1, 0.15) is 0 Å². The van der Waals surface area contributed by atoms with Gasteiger partial charge < -0.3 is 9.55 Å². The Morgan fingerprint density at radius 3 is 2.57 bits per heavy atom. The number of non-ortho nitro benzene ring substituents is 1. The highest BCUT2D eigenvalue weighted by molar-refractivity contribution is 6.09. The molecule has 2 aromatic carbocycles. The van der Waals surface area contributed by atoms with Crippen molar-refractivity contribution in [1.29, 1.82) is 0 Å².